The van der Waals surface area contributed by atoms with Crippen LogP contribution in [0.15, 0.2) is 42.5 Å². The van der Waals surface area contributed by atoms with Gasteiger partial charge in [-0.15, -0.1) is 0 Å². The van der Waals surface area contributed by atoms with Gasteiger partial charge in [0.15, 0.2) is 0 Å². The van der Waals surface area contributed by atoms with Gasteiger partial charge in [0.2, 0.25) is 5.91 Å². The van der Waals surface area contributed by atoms with Gasteiger partial charge in [-0.1, -0.05) is 18.2 Å². The summed E-state index contributed by atoms with van der Waals surface area (Å²) in [6, 6.07) is 13.9. The summed E-state index contributed by atoms with van der Waals surface area (Å²) in [6.07, 6.45) is 5.62. The van der Waals surface area contributed by atoms with Gasteiger partial charge in [0, 0.05) is 75.5 Å². The molecule has 0 bridgehead atoms. The zero-order valence-electron chi connectivity index (χ0n) is 27.2. The molecule has 4 aliphatic heterocycles. The van der Waals surface area contributed by atoms with E-state index in [2.05, 4.69) is 32.1 Å². The van der Waals surface area contributed by atoms with Gasteiger partial charge in [-0.25, -0.2) is 4.39 Å². The number of aliphatic hydroxyl groups is 2. The summed E-state index contributed by atoms with van der Waals surface area (Å²) in [7, 11) is 1.68. The molecule has 2 aromatic rings. The van der Waals surface area contributed by atoms with Crippen LogP contribution in [0.25, 0.3) is 0 Å². The van der Waals surface area contributed by atoms with Crippen molar-refractivity contribution in [3.8, 4) is 5.75 Å². The summed E-state index contributed by atoms with van der Waals surface area (Å²) in [6.45, 7) is 5.87. The fourth-order valence-electron chi connectivity index (χ4n) is 8.31. The average Bonchev–Trinajstić information content (AvgIpc) is 3.61. The minimum atomic E-state index is -0.550. The molecule has 0 spiro atoms. The van der Waals surface area contributed by atoms with Crippen LogP contribution in [0.5, 0.6) is 5.75 Å². The number of carbonyl (C=O) groups is 1. The minimum Gasteiger partial charge on any atom is -0.497 e. The smallest absolute Gasteiger partial charge is 0.223 e. The number of aliphatic hydroxyl groups excluding tert-OH is 2. The SMILES string of the molecule is COc1cccc(C2CC(c3ccc(F)cc3N3CCC(C(=O)NCCO)CC3)CCN2C(O)[C@H]2CCN(C3CCOCC3)C2)c1. The van der Waals surface area contributed by atoms with Gasteiger partial charge in [0.25, 0.3) is 0 Å². The van der Waals surface area contributed by atoms with E-state index in [0.717, 1.165) is 87.5 Å². The number of anilines is 1. The zero-order valence-corrected chi connectivity index (χ0v) is 27.2. The molecular formula is C36H51FN4O5. The number of carbonyl (C=O) groups excluding carboxylic acids is 1. The van der Waals surface area contributed by atoms with E-state index in [1.54, 1.807) is 19.2 Å². The Morgan fingerprint density at radius 3 is 2.61 bits per heavy atom. The molecule has 4 heterocycles. The molecule has 1 amide bonds. The molecule has 0 aromatic heterocycles. The first-order valence-electron chi connectivity index (χ1n) is 17.3. The number of benzene rings is 2. The van der Waals surface area contributed by atoms with E-state index >= 15 is 0 Å². The van der Waals surface area contributed by atoms with Gasteiger partial charge in [-0.3, -0.25) is 14.6 Å². The van der Waals surface area contributed by atoms with E-state index in [1.165, 1.54) is 0 Å². The fourth-order valence-corrected chi connectivity index (χ4v) is 8.31. The van der Waals surface area contributed by atoms with E-state index in [4.69, 9.17) is 14.6 Å². The number of nitrogens with one attached hydrogen (secondary N) is 1. The standard InChI is InChI=1S/C36H51FN4O5/c1-45-31-4-2-3-27(21-31)33-22-26(10-17-41(33)36(44)28-9-16-40(24-28)30-11-19-46-20-12-30)32-6-5-29(37)23-34(32)39-14-7-25(8-15-39)35(43)38-13-18-42/h2-6,21,23,25-26,28,30,33,36,42,44H,7-20,22,24H2,1H3,(H,38,43)/t26?,28-,33?,36?/m0/s1. The number of likely N-dealkylation sites (tertiary alicyclic amines) is 2. The molecule has 4 atom stereocenters. The van der Waals surface area contributed by atoms with Crippen molar-refractivity contribution in [2.45, 2.75) is 69.2 Å². The number of amides is 1. The lowest BCUT2D eigenvalue weighted by Crippen LogP contribution is -2.48. The van der Waals surface area contributed by atoms with Crippen molar-refractivity contribution >= 4 is 11.6 Å². The lowest BCUT2D eigenvalue weighted by Gasteiger charge is -2.45. The zero-order chi connectivity index (χ0) is 32.0. The Morgan fingerprint density at radius 1 is 1.04 bits per heavy atom. The average molecular weight is 639 g/mol. The van der Waals surface area contributed by atoms with Crippen molar-refractivity contribution in [2.24, 2.45) is 11.8 Å². The molecule has 4 aliphatic rings. The van der Waals surface area contributed by atoms with Crippen LogP contribution in [0, 0.1) is 17.7 Å². The lowest BCUT2D eigenvalue weighted by molar-refractivity contribution is -0.125. The number of methoxy groups -OCH3 is 1. The maximum Gasteiger partial charge on any atom is 0.223 e. The maximum atomic E-state index is 14.8. The highest BCUT2D eigenvalue weighted by molar-refractivity contribution is 5.79. The Morgan fingerprint density at radius 2 is 1.85 bits per heavy atom. The Kier molecular flexibility index (Phi) is 11.1. The van der Waals surface area contributed by atoms with Gasteiger partial charge < -0.3 is 29.9 Å². The van der Waals surface area contributed by atoms with Crippen LogP contribution in [-0.2, 0) is 9.53 Å². The fraction of sp³-hybridized carbons (Fsp3) is 0.639. The molecule has 6 rings (SSSR count). The Labute approximate surface area is 272 Å². The molecule has 3 N–H and O–H groups in total. The Bertz CT molecular complexity index is 1300. The van der Waals surface area contributed by atoms with E-state index < -0.39 is 6.23 Å². The van der Waals surface area contributed by atoms with Crippen molar-refractivity contribution in [3.05, 3.63) is 59.4 Å². The summed E-state index contributed by atoms with van der Waals surface area (Å²) >= 11 is 0. The van der Waals surface area contributed by atoms with Crippen molar-refractivity contribution in [2.75, 3.05) is 71.1 Å². The molecule has 4 saturated heterocycles. The number of rotatable bonds is 10. The van der Waals surface area contributed by atoms with Crippen LogP contribution in [0.1, 0.15) is 68.0 Å². The second kappa shape index (κ2) is 15.4. The van der Waals surface area contributed by atoms with E-state index in [1.807, 2.05) is 18.2 Å². The molecule has 3 unspecified atom stereocenters. The highest BCUT2D eigenvalue weighted by atomic mass is 19.1. The third-order valence-electron chi connectivity index (χ3n) is 10.9. The second-order valence-electron chi connectivity index (χ2n) is 13.5. The molecule has 9 nitrogen and oxygen atoms in total. The highest BCUT2D eigenvalue weighted by Gasteiger charge is 2.41. The Hall–Kier alpha value is -2.76. The molecule has 2 aromatic carbocycles. The predicted octanol–water partition coefficient (Wildman–Crippen LogP) is 3.90. The minimum absolute atomic E-state index is 0.0140. The largest absolute Gasteiger partial charge is 0.497 e. The molecule has 252 valence electrons. The third-order valence-corrected chi connectivity index (χ3v) is 10.9. The monoisotopic (exact) mass is 638 g/mol. The molecule has 10 heteroatoms. The van der Waals surface area contributed by atoms with E-state index in [-0.39, 0.29) is 48.7 Å². The summed E-state index contributed by atoms with van der Waals surface area (Å²) in [5.41, 5.74) is 3.18. The molecule has 0 radical (unpaired) electrons. The summed E-state index contributed by atoms with van der Waals surface area (Å²) in [5, 5.41) is 23.8. The van der Waals surface area contributed by atoms with Crippen molar-refractivity contribution in [1.82, 2.24) is 15.1 Å². The molecule has 0 saturated carbocycles. The number of nitrogens with zero attached hydrogens (tertiary/aromatic N) is 3. The first kappa shape index (κ1) is 33.2. The van der Waals surface area contributed by atoms with Gasteiger partial charge in [-0.2, -0.15) is 0 Å². The molecule has 46 heavy (non-hydrogen) atoms. The van der Waals surface area contributed by atoms with Gasteiger partial charge >= 0.3 is 0 Å². The molecule has 0 aliphatic carbocycles. The van der Waals surface area contributed by atoms with Crippen molar-refractivity contribution < 1.29 is 28.9 Å². The summed E-state index contributed by atoms with van der Waals surface area (Å²) in [5.74, 6) is 0.800. The summed E-state index contributed by atoms with van der Waals surface area (Å²) < 4.78 is 26.0. The highest BCUT2D eigenvalue weighted by Crippen LogP contribution is 2.45. The number of hydrogen-bond donors (Lipinski definition) is 3. The van der Waals surface area contributed by atoms with Crippen molar-refractivity contribution in [3.63, 3.8) is 0 Å². The number of piperidine rings is 2. The van der Waals surface area contributed by atoms with Crippen LogP contribution in [0.4, 0.5) is 10.1 Å². The maximum absolute atomic E-state index is 14.8. The van der Waals surface area contributed by atoms with Crippen molar-refractivity contribution in [1.29, 1.82) is 0 Å². The van der Waals surface area contributed by atoms with E-state index in [9.17, 15) is 14.3 Å². The molecule has 4 fully saturated rings. The first-order valence-corrected chi connectivity index (χ1v) is 17.3. The normalized spacial score (nSPS) is 26.3. The number of halogens is 1. The molecular weight excluding hydrogens is 587 g/mol. The van der Waals surface area contributed by atoms with Crippen LogP contribution >= 0.6 is 0 Å². The second-order valence-corrected chi connectivity index (χ2v) is 13.5. The van der Waals surface area contributed by atoms with Gasteiger partial charge in [-0.05, 0) is 92.8 Å². The van der Waals surface area contributed by atoms with Crippen LogP contribution in [-0.4, -0.2) is 104 Å². The van der Waals surface area contributed by atoms with Crippen LogP contribution in [0.2, 0.25) is 0 Å². The number of hydrogen-bond acceptors (Lipinski definition) is 8. The quantitative estimate of drug-likeness (QED) is 0.361. The topological polar surface area (TPSA) is 97.7 Å². The van der Waals surface area contributed by atoms with Crippen LogP contribution < -0.4 is 15.0 Å². The third kappa shape index (κ3) is 7.52. The number of ether oxygens (including phenoxy) is 2. The Balaban J connectivity index is 1.20. The summed E-state index contributed by atoms with van der Waals surface area (Å²) in [4.78, 5) is 19.6. The lowest BCUT2D eigenvalue weighted by atomic mass is 9.81. The first-order chi connectivity index (χ1) is 22.4. The van der Waals surface area contributed by atoms with E-state index in [0.29, 0.717) is 32.0 Å². The van der Waals surface area contributed by atoms with Crippen LogP contribution in [0.3, 0.4) is 0 Å². The van der Waals surface area contributed by atoms with Gasteiger partial charge in [0.05, 0.1) is 13.7 Å². The predicted molar refractivity (Wildman–Crippen MR) is 175 cm³/mol. The van der Waals surface area contributed by atoms with Gasteiger partial charge in [0.1, 0.15) is 17.8 Å².